The van der Waals surface area contributed by atoms with Crippen molar-refractivity contribution in [2.75, 3.05) is 0 Å². The normalized spacial score (nSPS) is 24.8. The Hall–Kier alpha value is -0.545. The van der Waals surface area contributed by atoms with Gasteiger partial charge in [-0.05, 0) is 33.6 Å². The van der Waals surface area contributed by atoms with E-state index in [4.69, 9.17) is 9.31 Å². The Balaban J connectivity index is 2.89. The smallest absolute Gasteiger partial charge is 0.473 e. The van der Waals surface area contributed by atoms with Gasteiger partial charge in [-0.3, -0.25) is 4.79 Å². The summed E-state index contributed by atoms with van der Waals surface area (Å²) in [5.41, 5.74) is -0.944. The molecule has 16 heavy (non-hydrogen) atoms. The standard InChI is InChI=1S/C11H21BO4/c1-7(2)8(9(13)14)12-15-10(3,4)11(5,6)16-12/h7-8H,1-6H3,(H,13,14). The van der Waals surface area contributed by atoms with Crippen LogP contribution in [0.4, 0.5) is 0 Å². The molecule has 0 bridgehead atoms. The lowest BCUT2D eigenvalue weighted by Crippen LogP contribution is -2.41. The summed E-state index contributed by atoms with van der Waals surface area (Å²) in [7, 11) is -0.664. The number of hydrogen-bond acceptors (Lipinski definition) is 3. The van der Waals surface area contributed by atoms with Crippen LogP contribution >= 0.6 is 0 Å². The van der Waals surface area contributed by atoms with Crippen LogP contribution in [0.2, 0.25) is 5.82 Å². The number of carboxylic acid groups (broad SMARTS) is 1. The second-order valence-corrected chi connectivity index (χ2v) is 5.73. The van der Waals surface area contributed by atoms with Crippen molar-refractivity contribution in [3.05, 3.63) is 0 Å². The summed E-state index contributed by atoms with van der Waals surface area (Å²) < 4.78 is 11.5. The Labute approximate surface area is 97.5 Å². The molecule has 0 aromatic rings. The molecule has 0 aromatic carbocycles. The second-order valence-electron chi connectivity index (χ2n) is 5.73. The van der Waals surface area contributed by atoms with Crippen LogP contribution in [0.15, 0.2) is 0 Å². The third-order valence-electron chi connectivity index (χ3n) is 3.57. The van der Waals surface area contributed by atoms with E-state index in [0.29, 0.717) is 0 Å². The van der Waals surface area contributed by atoms with Crippen molar-refractivity contribution in [2.45, 2.75) is 58.6 Å². The second kappa shape index (κ2) is 4.04. The van der Waals surface area contributed by atoms with E-state index >= 15 is 0 Å². The summed E-state index contributed by atoms with van der Waals surface area (Å²) in [6.45, 7) is 11.4. The summed E-state index contributed by atoms with van der Waals surface area (Å²) in [5, 5.41) is 9.18. The highest BCUT2D eigenvalue weighted by atomic mass is 16.7. The predicted octanol–water partition coefficient (Wildman–Crippen LogP) is 2.19. The molecule has 1 unspecified atom stereocenters. The molecule has 0 amide bonds. The first-order valence-electron chi connectivity index (χ1n) is 5.67. The van der Waals surface area contributed by atoms with Gasteiger partial charge >= 0.3 is 13.1 Å². The summed E-state index contributed by atoms with van der Waals surface area (Å²) in [6.07, 6.45) is 0. The lowest BCUT2D eigenvalue weighted by Gasteiger charge is -2.32. The Morgan fingerprint density at radius 1 is 1.12 bits per heavy atom. The van der Waals surface area contributed by atoms with Gasteiger partial charge in [0, 0.05) is 0 Å². The van der Waals surface area contributed by atoms with Crippen molar-refractivity contribution in [3.8, 4) is 0 Å². The average molecular weight is 228 g/mol. The summed E-state index contributed by atoms with van der Waals surface area (Å²) in [5.74, 6) is -1.51. The van der Waals surface area contributed by atoms with Crippen molar-refractivity contribution in [1.29, 1.82) is 0 Å². The molecule has 1 fully saturated rings. The van der Waals surface area contributed by atoms with Gasteiger partial charge in [0.15, 0.2) is 0 Å². The molecule has 92 valence electrons. The van der Waals surface area contributed by atoms with E-state index in [-0.39, 0.29) is 5.92 Å². The minimum Gasteiger partial charge on any atom is -0.481 e. The van der Waals surface area contributed by atoms with E-state index in [1.807, 2.05) is 41.5 Å². The monoisotopic (exact) mass is 228 g/mol. The van der Waals surface area contributed by atoms with Crippen LogP contribution in [-0.4, -0.2) is 29.4 Å². The summed E-state index contributed by atoms with van der Waals surface area (Å²) in [6, 6.07) is 0. The molecular weight excluding hydrogens is 207 g/mol. The minimum atomic E-state index is -0.867. The van der Waals surface area contributed by atoms with Gasteiger partial charge in [-0.2, -0.15) is 0 Å². The van der Waals surface area contributed by atoms with Gasteiger partial charge in [-0.1, -0.05) is 13.8 Å². The SMILES string of the molecule is CC(C)C(B1OC(C)(C)C(C)(C)O1)C(=O)O. The van der Waals surface area contributed by atoms with Crippen LogP contribution < -0.4 is 0 Å². The molecule has 0 aromatic heterocycles. The lowest BCUT2D eigenvalue weighted by atomic mass is 9.66. The molecule has 1 aliphatic heterocycles. The van der Waals surface area contributed by atoms with Crippen molar-refractivity contribution in [3.63, 3.8) is 0 Å². The van der Waals surface area contributed by atoms with E-state index in [0.717, 1.165) is 0 Å². The Kier molecular flexibility index (Phi) is 3.41. The van der Waals surface area contributed by atoms with Gasteiger partial charge in [-0.25, -0.2) is 0 Å². The number of hydrogen-bond donors (Lipinski definition) is 1. The molecule has 5 heteroatoms. The topological polar surface area (TPSA) is 55.8 Å². The molecular formula is C11H21BO4. The summed E-state index contributed by atoms with van der Waals surface area (Å²) in [4.78, 5) is 11.2. The number of carboxylic acids is 1. The molecule has 0 spiro atoms. The molecule has 1 atom stereocenters. The third kappa shape index (κ3) is 2.25. The first kappa shape index (κ1) is 13.5. The van der Waals surface area contributed by atoms with Crippen LogP contribution in [0.25, 0.3) is 0 Å². The molecule has 1 aliphatic rings. The third-order valence-corrected chi connectivity index (χ3v) is 3.57. The van der Waals surface area contributed by atoms with Crippen LogP contribution in [0, 0.1) is 5.92 Å². The van der Waals surface area contributed by atoms with Gasteiger partial charge in [0.25, 0.3) is 0 Å². The molecule has 1 N–H and O–H groups in total. The van der Waals surface area contributed by atoms with Crippen molar-refractivity contribution >= 4 is 13.1 Å². The zero-order valence-corrected chi connectivity index (χ0v) is 10.9. The van der Waals surface area contributed by atoms with E-state index in [2.05, 4.69) is 0 Å². The highest BCUT2D eigenvalue weighted by molar-refractivity contribution is 6.52. The lowest BCUT2D eigenvalue weighted by molar-refractivity contribution is -0.138. The molecule has 0 aliphatic carbocycles. The molecule has 4 nitrogen and oxygen atoms in total. The maximum absolute atomic E-state index is 11.2. The van der Waals surface area contributed by atoms with E-state index in [1.54, 1.807) is 0 Å². The highest BCUT2D eigenvalue weighted by Crippen LogP contribution is 2.41. The first-order chi connectivity index (χ1) is 7.08. The molecule has 1 heterocycles. The fourth-order valence-corrected chi connectivity index (χ4v) is 1.75. The fraction of sp³-hybridized carbons (Fsp3) is 0.909. The van der Waals surface area contributed by atoms with E-state index in [1.165, 1.54) is 0 Å². The number of carbonyl (C=O) groups is 1. The van der Waals surface area contributed by atoms with Gasteiger partial charge < -0.3 is 14.4 Å². The Morgan fingerprint density at radius 2 is 1.50 bits per heavy atom. The number of aliphatic carboxylic acids is 1. The molecule has 0 radical (unpaired) electrons. The zero-order chi connectivity index (χ0) is 12.7. The Morgan fingerprint density at radius 3 is 1.75 bits per heavy atom. The maximum atomic E-state index is 11.2. The van der Waals surface area contributed by atoms with Crippen molar-refractivity contribution in [1.82, 2.24) is 0 Å². The summed E-state index contributed by atoms with van der Waals surface area (Å²) >= 11 is 0. The zero-order valence-electron chi connectivity index (χ0n) is 10.9. The fourth-order valence-electron chi connectivity index (χ4n) is 1.75. The Bertz CT molecular complexity index is 270. The predicted molar refractivity (Wildman–Crippen MR) is 62.3 cm³/mol. The average Bonchev–Trinajstić information content (AvgIpc) is 2.17. The van der Waals surface area contributed by atoms with Crippen LogP contribution in [-0.2, 0) is 14.1 Å². The van der Waals surface area contributed by atoms with Gasteiger partial charge in [0.05, 0.1) is 17.0 Å². The minimum absolute atomic E-state index is 0.0211. The van der Waals surface area contributed by atoms with Gasteiger partial charge in [0.2, 0.25) is 0 Å². The maximum Gasteiger partial charge on any atom is 0.473 e. The molecule has 1 saturated heterocycles. The highest BCUT2D eigenvalue weighted by Gasteiger charge is 2.56. The number of rotatable bonds is 3. The molecule has 0 saturated carbocycles. The van der Waals surface area contributed by atoms with Crippen LogP contribution in [0.3, 0.4) is 0 Å². The van der Waals surface area contributed by atoms with Crippen LogP contribution in [0.1, 0.15) is 41.5 Å². The van der Waals surface area contributed by atoms with Gasteiger partial charge in [0.1, 0.15) is 0 Å². The largest absolute Gasteiger partial charge is 0.481 e. The van der Waals surface area contributed by atoms with Crippen molar-refractivity contribution < 1.29 is 19.2 Å². The van der Waals surface area contributed by atoms with E-state index < -0.39 is 30.1 Å². The van der Waals surface area contributed by atoms with E-state index in [9.17, 15) is 9.90 Å². The quantitative estimate of drug-likeness (QED) is 0.752. The molecule has 1 rings (SSSR count). The first-order valence-corrected chi connectivity index (χ1v) is 5.67. The van der Waals surface area contributed by atoms with Crippen molar-refractivity contribution in [2.24, 2.45) is 5.92 Å². The van der Waals surface area contributed by atoms with Crippen LogP contribution in [0.5, 0.6) is 0 Å². The van der Waals surface area contributed by atoms with Gasteiger partial charge in [-0.15, -0.1) is 0 Å².